The van der Waals surface area contributed by atoms with E-state index in [1.54, 1.807) is 0 Å². The molecule has 0 aromatic heterocycles. The van der Waals surface area contributed by atoms with Crippen molar-refractivity contribution in [3.05, 3.63) is 29.8 Å². The third kappa shape index (κ3) is 3.54. The van der Waals surface area contributed by atoms with Crippen LogP contribution in [-0.4, -0.2) is 18.7 Å². The number of rotatable bonds is 6. The Bertz CT molecular complexity index is 422. The highest BCUT2D eigenvalue weighted by atomic mass is 16.5. The molecule has 1 aromatic rings. The normalized spacial score (nSPS) is 26.1. The Morgan fingerprint density at radius 2 is 1.85 bits per heavy atom. The van der Waals surface area contributed by atoms with Gasteiger partial charge in [0, 0.05) is 6.04 Å². The van der Waals surface area contributed by atoms with Gasteiger partial charge in [-0.3, -0.25) is 0 Å². The first-order valence-corrected chi connectivity index (χ1v) is 8.22. The van der Waals surface area contributed by atoms with Gasteiger partial charge in [0.1, 0.15) is 5.75 Å². The van der Waals surface area contributed by atoms with Crippen molar-refractivity contribution in [2.45, 2.75) is 64.0 Å². The van der Waals surface area contributed by atoms with Crippen molar-refractivity contribution in [3.8, 4) is 5.75 Å². The lowest BCUT2D eigenvalue weighted by atomic mass is 9.89. The van der Waals surface area contributed by atoms with Gasteiger partial charge in [0.15, 0.2) is 0 Å². The Kier molecular flexibility index (Phi) is 4.30. The smallest absolute Gasteiger partial charge is 0.119 e. The van der Waals surface area contributed by atoms with Crippen LogP contribution in [0.5, 0.6) is 5.75 Å². The molecule has 2 aliphatic rings. The number of hydrogen-bond donors (Lipinski definition) is 1. The van der Waals surface area contributed by atoms with E-state index in [2.05, 4.69) is 43.4 Å². The summed E-state index contributed by atoms with van der Waals surface area (Å²) in [5.41, 5.74) is 1.50. The van der Waals surface area contributed by atoms with Crippen LogP contribution in [0.3, 0.4) is 0 Å². The molecule has 1 N–H and O–H groups in total. The summed E-state index contributed by atoms with van der Waals surface area (Å²) in [5, 5.41) is 3.71. The third-order valence-electron chi connectivity index (χ3n) is 4.59. The second-order valence-corrected chi connectivity index (χ2v) is 6.72. The van der Waals surface area contributed by atoms with E-state index in [1.807, 2.05) is 0 Å². The van der Waals surface area contributed by atoms with Crippen LogP contribution in [0.1, 0.15) is 57.4 Å². The Morgan fingerprint density at radius 1 is 1.10 bits per heavy atom. The lowest BCUT2D eigenvalue weighted by Crippen LogP contribution is -2.26. The van der Waals surface area contributed by atoms with E-state index in [1.165, 1.54) is 44.2 Å². The zero-order chi connectivity index (χ0) is 13.9. The summed E-state index contributed by atoms with van der Waals surface area (Å²) >= 11 is 0. The van der Waals surface area contributed by atoms with Crippen LogP contribution in [0.2, 0.25) is 0 Å². The SMILES string of the molecule is CC(C)Oc1ccc(C2CCCC2CNC2CC2)cc1. The number of benzene rings is 1. The molecule has 0 saturated heterocycles. The highest BCUT2D eigenvalue weighted by Gasteiger charge is 2.30. The van der Waals surface area contributed by atoms with E-state index < -0.39 is 0 Å². The largest absolute Gasteiger partial charge is 0.491 e. The Morgan fingerprint density at radius 3 is 2.50 bits per heavy atom. The van der Waals surface area contributed by atoms with Crippen molar-refractivity contribution < 1.29 is 4.74 Å². The van der Waals surface area contributed by atoms with Crippen molar-refractivity contribution in [2.75, 3.05) is 6.54 Å². The lowest BCUT2D eigenvalue weighted by molar-refractivity contribution is 0.242. The molecule has 0 bridgehead atoms. The van der Waals surface area contributed by atoms with E-state index in [-0.39, 0.29) is 6.10 Å². The molecule has 0 radical (unpaired) electrons. The molecule has 2 fully saturated rings. The molecule has 110 valence electrons. The van der Waals surface area contributed by atoms with Gasteiger partial charge in [-0.1, -0.05) is 18.6 Å². The second-order valence-electron chi connectivity index (χ2n) is 6.72. The number of hydrogen-bond acceptors (Lipinski definition) is 2. The first-order chi connectivity index (χ1) is 9.72. The molecule has 2 atom stereocenters. The third-order valence-corrected chi connectivity index (χ3v) is 4.59. The molecule has 0 spiro atoms. The topological polar surface area (TPSA) is 21.3 Å². The van der Waals surface area contributed by atoms with Crippen molar-refractivity contribution in [3.63, 3.8) is 0 Å². The van der Waals surface area contributed by atoms with Crippen LogP contribution in [0.4, 0.5) is 0 Å². The van der Waals surface area contributed by atoms with E-state index in [0.29, 0.717) is 0 Å². The predicted molar refractivity (Wildman–Crippen MR) is 83.3 cm³/mol. The highest BCUT2D eigenvalue weighted by molar-refractivity contribution is 5.30. The van der Waals surface area contributed by atoms with Crippen molar-refractivity contribution >= 4 is 0 Å². The first-order valence-electron chi connectivity index (χ1n) is 8.22. The average molecular weight is 273 g/mol. The maximum Gasteiger partial charge on any atom is 0.119 e. The quantitative estimate of drug-likeness (QED) is 0.842. The molecule has 1 aromatic carbocycles. The highest BCUT2D eigenvalue weighted by Crippen LogP contribution is 2.40. The molecule has 0 amide bonds. The van der Waals surface area contributed by atoms with Crippen molar-refractivity contribution in [1.82, 2.24) is 5.32 Å². The molecular weight excluding hydrogens is 246 g/mol. The molecule has 2 heteroatoms. The van der Waals surface area contributed by atoms with E-state index in [9.17, 15) is 0 Å². The Balaban J connectivity index is 1.61. The zero-order valence-electron chi connectivity index (χ0n) is 12.8. The monoisotopic (exact) mass is 273 g/mol. The number of ether oxygens (including phenoxy) is 1. The summed E-state index contributed by atoms with van der Waals surface area (Å²) in [7, 11) is 0. The molecule has 2 saturated carbocycles. The van der Waals surface area contributed by atoms with Gasteiger partial charge >= 0.3 is 0 Å². The first kappa shape index (κ1) is 13.9. The summed E-state index contributed by atoms with van der Waals surface area (Å²) in [5.74, 6) is 2.57. The minimum absolute atomic E-state index is 0.253. The van der Waals surface area contributed by atoms with Gasteiger partial charge in [0.05, 0.1) is 6.10 Å². The fraction of sp³-hybridized carbons (Fsp3) is 0.667. The summed E-state index contributed by atoms with van der Waals surface area (Å²) < 4.78 is 5.73. The summed E-state index contributed by atoms with van der Waals surface area (Å²) in [4.78, 5) is 0. The fourth-order valence-corrected chi connectivity index (χ4v) is 3.39. The van der Waals surface area contributed by atoms with Crippen molar-refractivity contribution in [1.29, 1.82) is 0 Å². The van der Waals surface area contributed by atoms with Gasteiger partial charge in [-0.2, -0.15) is 0 Å². The minimum atomic E-state index is 0.253. The van der Waals surface area contributed by atoms with Gasteiger partial charge in [-0.05, 0) is 75.6 Å². The van der Waals surface area contributed by atoms with Crippen LogP contribution in [0, 0.1) is 5.92 Å². The van der Waals surface area contributed by atoms with E-state index >= 15 is 0 Å². The Hall–Kier alpha value is -1.02. The maximum absolute atomic E-state index is 5.73. The lowest BCUT2D eigenvalue weighted by Gasteiger charge is -2.21. The van der Waals surface area contributed by atoms with Gasteiger partial charge in [0.25, 0.3) is 0 Å². The second kappa shape index (κ2) is 6.17. The molecule has 0 aliphatic heterocycles. The van der Waals surface area contributed by atoms with Crippen LogP contribution < -0.4 is 10.1 Å². The van der Waals surface area contributed by atoms with E-state index in [0.717, 1.165) is 23.6 Å². The van der Waals surface area contributed by atoms with Crippen LogP contribution in [-0.2, 0) is 0 Å². The van der Waals surface area contributed by atoms with Gasteiger partial charge in [-0.15, -0.1) is 0 Å². The maximum atomic E-state index is 5.73. The fourth-order valence-electron chi connectivity index (χ4n) is 3.39. The average Bonchev–Trinajstić information content (AvgIpc) is 3.14. The molecule has 2 unspecified atom stereocenters. The molecule has 2 aliphatic carbocycles. The molecule has 20 heavy (non-hydrogen) atoms. The van der Waals surface area contributed by atoms with Gasteiger partial charge < -0.3 is 10.1 Å². The van der Waals surface area contributed by atoms with Crippen LogP contribution in [0.25, 0.3) is 0 Å². The molecular formula is C18H27NO. The van der Waals surface area contributed by atoms with Gasteiger partial charge in [-0.25, -0.2) is 0 Å². The number of nitrogens with one attached hydrogen (secondary N) is 1. The molecule has 0 heterocycles. The predicted octanol–water partition coefficient (Wildman–Crippen LogP) is 4.11. The summed E-state index contributed by atoms with van der Waals surface area (Å²) in [6.07, 6.45) is 7.14. The summed E-state index contributed by atoms with van der Waals surface area (Å²) in [6, 6.07) is 9.66. The van der Waals surface area contributed by atoms with Crippen molar-refractivity contribution in [2.24, 2.45) is 5.92 Å². The standard InChI is InChI=1S/C18H27NO/c1-13(2)20-17-10-6-14(7-11-17)18-5-3-4-15(18)12-19-16-8-9-16/h6-7,10-11,13,15-16,18-19H,3-5,8-9,12H2,1-2H3. The minimum Gasteiger partial charge on any atom is -0.491 e. The summed E-state index contributed by atoms with van der Waals surface area (Å²) in [6.45, 7) is 5.36. The van der Waals surface area contributed by atoms with Gasteiger partial charge in [0.2, 0.25) is 0 Å². The van der Waals surface area contributed by atoms with E-state index in [4.69, 9.17) is 4.74 Å². The zero-order valence-corrected chi connectivity index (χ0v) is 12.8. The Labute approximate surface area is 122 Å². The molecule has 2 nitrogen and oxygen atoms in total. The van der Waals surface area contributed by atoms with Crippen LogP contribution in [0.15, 0.2) is 24.3 Å². The van der Waals surface area contributed by atoms with Crippen LogP contribution >= 0.6 is 0 Å². The molecule has 3 rings (SSSR count).